The van der Waals surface area contributed by atoms with Crippen LogP contribution in [-0.4, -0.2) is 16.8 Å². The van der Waals surface area contributed by atoms with Crippen LogP contribution < -0.4 is 26.5 Å². The number of nitrogens with zero attached hydrogens (tertiary/aromatic N) is 1. The summed E-state index contributed by atoms with van der Waals surface area (Å²) in [7, 11) is -6.69. The molecular weight excluding hydrogens is 468 g/mol. The molecule has 4 rings (SSSR count). The van der Waals surface area contributed by atoms with E-state index in [1.54, 1.807) is 0 Å². The summed E-state index contributed by atoms with van der Waals surface area (Å²) in [5.74, 6) is 0. The number of hydrogen-bond acceptors (Lipinski definition) is 2. The third-order valence-electron chi connectivity index (χ3n) is 6.28. The lowest BCUT2D eigenvalue weighted by molar-refractivity contribution is 0.307. The van der Waals surface area contributed by atoms with Gasteiger partial charge in [-0.1, -0.05) is 97.1 Å². The van der Waals surface area contributed by atoms with Crippen LogP contribution in [0.15, 0.2) is 115 Å². The van der Waals surface area contributed by atoms with Gasteiger partial charge in [0.05, 0.1) is 0 Å². The van der Waals surface area contributed by atoms with Crippen LogP contribution in [0.3, 0.4) is 0 Å². The van der Waals surface area contributed by atoms with Crippen molar-refractivity contribution in [1.82, 2.24) is 4.67 Å². The van der Waals surface area contributed by atoms with E-state index >= 15 is 9.13 Å². The second-order valence-corrected chi connectivity index (χ2v) is 14.6. The van der Waals surface area contributed by atoms with Crippen molar-refractivity contribution in [2.45, 2.75) is 39.8 Å². The third kappa shape index (κ3) is 4.62. The number of rotatable bonds is 8. The molecule has 0 N–H and O–H groups in total. The van der Waals surface area contributed by atoms with Crippen molar-refractivity contribution in [1.29, 1.82) is 0 Å². The standard InChI is InChI=1S/C30H33NO2P2/c1-24(2)31(25(3)4)35(33,28-20-12-7-13-21-28)30-23-15-14-22-29(30)34(32,26-16-8-5-9-17-26)27-18-10-6-11-19-27/h5-25H,1-4H3. The molecule has 5 heteroatoms. The Morgan fingerprint density at radius 2 is 0.829 bits per heavy atom. The van der Waals surface area contributed by atoms with E-state index in [4.69, 9.17) is 0 Å². The second-order valence-electron chi connectivity index (χ2n) is 9.25. The zero-order chi connectivity index (χ0) is 25.1. The summed E-state index contributed by atoms with van der Waals surface area (Å²) < 4.78 is 33.0. The van der Waals surface area contributed by atoms with E-state index in [-0.39, 0.29) is 12.1 Å². The Kier molecular flexibility index (Phi) is 7.62. The van der Waals surface area contributed by atoms with Crippen molar-refractivity contribution in [2.75, 3.05) is 0 Å². The van der Waals surface area contributed by atoms with E-state index < -0.39 is 14.4 Å². The highest BCUT2D eigenvalue weighted by atomic mass is 31.2. The summed E-state index contributed by atoms with van der Waals surface area (Å²) >= 11 is 0. The van der Waals surface area contributed by atoms with Crippen LogP contribution in [0, 0.1) is 0 Å². The van der Waals surface area contributed by atoms with Gasteiger partial charge < -0.3 is 4.57 Å². The molecule has 0 amide bonds. The molecule has 0 fully saturated rings. The summed E-state index contributed by atoms with van der Waals surface area (Å²) in [5, 5.41) is 3.50. The second kappa shape index (κ2) is 10.5. The normalized spacial score (nSPS) is 13.8. The molecule has 0 saturated carbocycles. The summed E-state index contributed by atoms with van der Waals surface area (Å²) in [4.78, 5) is 0. The highest BCUT2D eigenvalue weighted by Crippen LogP contribution is 2.53. The quantitative estimate of drug-likeness (QED) is 0.292. The first kappa shape index (κ1) is 25.4. The van der Waals surface area contributed by atoms with Gasteiger partial charge in [-0.05, 0) is 45.9 Å². The Hall–Kier alpha value is -2.70. The molecule has 3 nitrogen and oxygen atoms in total. The fraction of sp³-hybridized carbons (Fsp3) is 0.200. The van der Waals surface area contributed by atoms with Crippen LogP contribution in [0.4, 0.5) is 0 Å². The van der Waals surface area contributed by atoms with Gasteiger partial charge >= 0.3 is 0 Å². The summed E-state index contributed by atoms with van der Waals surface area (Å²) in [6, 6.07) is 36.5. The SMILES string of the molecule is CC(C)N(C(C)C)P(=O)(c1ccccc1)c1ccccc1P(=O)(c1ccccc1)c1ccccc1. The minimum absolute atomic E-state index is 0.0157. The number of benzene rings is 4. The van der Waals surface area contributed by atoms with Gasteiger partial charge in [-0.2, -0.15) is 0 Å². The highest BCUT2D eigenvalue weighted by Gasteiger charge is 2.43. The lowest BCUT2D eigenvalue weighted by Crippen LogP contribution is -2.45. The third-order valence-corrected chi connectivity index (χ3v) is 13.2. The smallest absolute Gasteiger partial charge is 0.208 e. The lowest BCUT2D eigenvalue weighted by atomic mass is 10.3. The van der Waals surface area contributed by atoms with E-state index in [9.17, 15) is 0 Å². The summed E-state index contributed by atoms with van der Waals surface area (Å²) in [6.45, 7) is 8.30. The molecule has 0 aromatic heterocycles. The maximum atomic E-state index is 15.5. The topological polar surface area (TPSA) is 37.4 Å². The lowest BCUT2D eigenvalue weighted by Gasteiger charge is -2.40. The first-order chi connectivity index (χ1) is 16.8. The largest absolute Gasteiger partial charge is 0.309 e. The maximum absolute atomic E-state index is 15.5. The van der Waals surface area contributed by atoms with Crippen LogP contribution in [0.25, 0.3) is 0 Å². The summed E-state index contributed by atoms with van der Waals surface area (Å²) in [6.07, 6.45) is 0. The van der Waals surface area contributed by atoms with Crippen LogP contribution in [0.2, 0.25) is 0 Å². The van der Waals surface area contributed by atoms with E-state index in [1.807, 2.05) is 115 Å². The van der Waals surface area contributed by atoms with Crippen molar-refractivity contribution < 1.29 is 9.13 Å². The minimum atomic E-state index is -3.36. The van der Waals surface area contributed by atoms with Crippen LogP contribution >= 0.6 is 14.4 Å². The predicted molar refractivity (Wildman–Crippen MR) is 151 cm³/mol. The van der Waals surface area contributed by atoms with Crippen molar-refractivity contribution in [3.8, 4) is 0 Å². The molecule has 0 aliphatic rings. The molecule has 0 spiro atoms. The molecule has 4 aromatic rings. The van der Waals surface area contributed by atoms with Crippen molar-refractivity contribution in [2.24, 2.45) is 0 Å². The zero-order valence-electron chi connectivity index (χ0n) is 20.8. The van der Waals surface area contributed by atoms with Gasteiger partial charge in [0.25, 0.3) is 0 Å². The Morgan fingerprint density at radius 1 is 0.486 bits per heavy atom. The van der Waals surface area contributed by atoms with Crippen LogP contribution in [-0.2, 0) is 9.13 Å². The minimum Gasteiger partial charge on any atom is -0.309 e. The Morgan fingerprint density at radius 3 is 1.23 bits per heavy atom. The highest BCUT2D eigenvalue weighted by molar-refractivity contribution is 7.88. The Balaban J connectivity index is 2.11. The predicted octanol–water partition coefficient (Wildman–Crippen LogP) is 5.67. The molecule has 1 atom stereocenters. The van der Waals surface area contributed by atoms with Gasteiger partial charge in [0.15, 0.2) is 7.14 Å². The molecule has 0 bridgehead atoms. The molecule has 0 heterocycles. The average Bonchev–Trinajstić information content (AvgIpc) is 2.89. The van der Waals surface area contributed by atoms with Gasteiger partial charge in [0.2, 0.25) is 7.29 Å². The van der Waals surface area contributed by atoms with E-state index in [2.05, 4.69) is 32.4 Å². The molecule has 1 unspecified atom stereocenters. The fourth-order valence-corrected chi connectivity index (χ4v) is 11.9. The molecule has 4 aromatic carbocycles. The molecular formula is C30H33NO2P2. The maximum Gasteiger partial charge on any atom is 0.208 e. The van der Waals surface area contributed by atoms with E-state index in [1.165, 1.54) is 0 Å². The molecule has 180 valence electrons. The van der Waals surface area contributed by atoms with E-state index in [0.29, 0.717) is 10.6 Å². The van der Waals surface area contributed by atoms with Crippen molar-refractivity contribution >= 4 is 41.0 Å². The number of hydrogen-bond donors (Lipinski definition) is 0. The zero-order valence-corrected chi connectivity index (χ0v) is 22.6. The monoisotopic (exact) mass is 501 g/mol. The molecule has 0 radical (unpaired) electrons. The molecule has 0 aliphatic heterocycles. The molecule has 35 heavy (non-hydrogen) atoms. The van der Waals surface area contributed by atoms with Crippen molar-refractivity contribution in [3.63, 3.8) is 0 Å². The van der Waals surface area contributed by atoms with Gasteiger partial charge in [-0.15, -0.1) is 0 Å². The van der Waals surface area contributed by atoms with Gasteiger partial charge in [-0.3, -0.25) is 4.57 Å². The van der Waals surface area contributed by atoms with Gasteiger partial charge in [-0.25, -0.2) is 4.67 Å². The summed E-state index contributed by atoms with van der Waals surface area (Å²) in [5.41, 5.74) is 0. The van der Waals surface area contributed by atoms with Gasteiger partial charge in [0.1, 0.15) is 0 Å². The first-order valence-corrected chi connectivity index (χ1v) is 15.4. The van der Waals surface area contributed by atoms with Gasteiger partial charge in [0, 0.05) is 38.6 Å². The molecule has 0 saturated heterocycles. The van der Waals surface area contributed by atoms with Crippen LogP contribution in [0.1, 0.15) is 27.7 Å². The fourth-order valence-electron chi connectivity index (χ4n) is 4.96. The Labute approximate surface area is 209 Å². The van der Waals surface area contributed by atoms with E-state index in [0.717, 1.165) is 15.9 Å². The average molecular weight is 502 g/mol. The Bertz CT molecular complexity index is 1300. The molecule has 0 aliphatic carbocycles. The first-order valence-electron chi connectivity index (χ1n) is 12.1. The van der Waals surface area contributed by atoms with Crippen LogP contribution in [0.5, 0.6) is 0 Å². The van der Waals surface area contributed by atoms with Crippen molar-refractivity contribution in [3.05, 3.63) is 115 Å².